The van der Waals surface area contributed by atoms with Crippen LogP contribution in [0.4, 0.5) is 0 Å². The van der Waals surface area contributed by atoms with Gasteiger partial charge in [-0.15, -0.1) is 0 Å². The Balaban J connectivity index is 1.17. The summed E-state index contributed by atoms with van der Waals surface area (Å²) in [6.07, 6.45) is 0. The van der Waals surface area contributed by atoms with Gasteiger partial charge < -0.3 is 4.57 Å². The fourth-order valence-electron chi connectivity index (χ4n) is 11.4. The normalized spacial score (nSPS) is 13.4. The molecule has 10 aromatic carbocycles. The minimum Gasteiger partial charge on any atom is -0.309 e. The van der Waals surface area contributed by atoms with E-state index in [2.05, 4.69) is 217 Å². The Morgan fingerprint density at radius 1 is 0.365 bits per heavy atom. The molecule has 0 bridgehead atoms. The summed E-state index contributed by atoms with van der Waals surface area (Å²) in [7, 11) is 0. The number of para-hydroxylation sites is 2. The highest BCUT2D eigenvalue weighted by molar-refractivity contribution is 6.35. The molecule has 4 nitrogen and oxygen atoms in total. The topological polar surface area (TPSA) is 35.6 Å². The summed E-state index contributed by atoms with van der Waals surface area (Å²) in [5.41, 5.74) is 11.9. The van der Waals surface area contributed by atoms with Gasteiger partial charge in [0, 0.05) is 54.7 Å². The Bertz CT molecular complexity index is 4080. The molecule has 0 saturated carbocycles. The third-order valence-electron chi connectivity index (χ3n) is 14.0. The minimum absolute atomic E-state index is 0.354. The van der Waals surface area contributed by atoms with Crippen LogP contribution in [0.3, 0.4) is 0 Å². The lowest BCUT2D eigenvalue weighted by Gasteiger charge is -2.24. The summed E-state index contributed by atoms with van der Waals surface area (Å²) in [6, 6.07) is 70.9. The molecule has 0 unspecified atom stereocenters. The molecule has 0 radical (unpaired) electrons. The predicted octanol–water partition coefficient (Wildman–Crippen LogP) is 15.3. The van der Waals surface area contributed by atoms with E-state index in [0.717, 1.165) is 50.3 Å². The van der Waals surface area contributed by atoms with Gasteiger partial charge in [0.25, 0.3) is 0 Å². The van der Waals surface area contributed by atoms with E-state index in [4.69, 9.17) is 9.97 Å². The molecule has 1 aliphatic rings. The first-order chi connectivity index (χ1) is 31.0. The van der Waals surface area contributed by atoms with Crippen LogP contribution in [0.15, 0.2) is 194 Å². The van der Waals surface area contributed by atoms with E-state index in [1.165, 1.54) is 75.7 Å². The van der Waals surface area contributed by atoms with Crippen LogP contribution in [0, 0.1) is 0 Å². The lowest BCUT2D eigenvalue weighted by atomic mass is 9.80. The van der Waals surface area contributed by atoms with E-state index in [1.54, 1.807) is 0 Å². The molecule has 4 heteroatoms. The van der Waals surface area contributed by atoms with Gasteiger partial charge in [0.2, 0.25) is 5.95 Å². The van der Waals surface area contributed by atoms with Gasteiger partial charge in [-0.05, 0) is 85.7 Å². The average Bonchev–Trinajstić information content (AvgIpc) is 3.93. The molecule has 294 valence electrons. The Morgan fingerprint density at radius 3 is 1.70 bits per heavy atom. The molecule has 63 heavy (non-hydrogen) atoms. The number of fused-ring (bicyclic) bond motifs is 17. The summed E-state index contributed by atoms with van der Waals surface area (Å²) in [6.45, 7) is 4.68. The molecule has 0 atom stereocenters. The van der Waals surface area contributed by atoms with E-state index in [9.17, 15) is 0 Å². The molecule has 0 spiro atoms. The SMILES string of the molecule is CC1(C)c2ccccc2-c2nc(-n3c4cc5ccccc5cc4c4c5c6ccccc6c6ccccc6c5ccc43)nc(-c3cccc4c3c3ccccc3n4-c3ccccc3)c21. The van der Waals surface area contributed by atoms with E-state index in [1.807, 2.05) is 0 Å². The first kappa shape index (κ1) is 34.6. The molecule has 3 heterocycles. The number of benzene rings is 10. The van der Waals surface area contributed by atoms with Gasteiger partial charge in [0.1, 0.15) is 0 Å². The lowest BCUT2D eigenvalue weighted by molar-refractivity contribution is 0.657. The third-order valence-corrected chi connectivity index (χ3v) is 14.0. The quantitative estimate of drug-likeness (QED) is 0.167. The number of hydrogen-bond acceptors (Lipinski definition) is 2. The van der Waals surface area contributed by atoms with Crippen LogP contribution in [0.2, 0.25) is 0 Å². The van der Waals surface area contributed by atoms with Crippen molar-refractivity contribution in [3.8, 4) is 34.2 Å². The molecule has 3 aromatic heterocycles. The van der Waals surface area contributed by atoms with Gasteiger partial charge in [-0.3, -0.25) is 4.57 Å². The number of hydrogen-bond donors (Lipinski definition) is 0. The summed E-state index contributed by atoms with van der Waals surface area (Å²) < 4.78 is 4.75. The average molecular weight is 803 g/mol. The highest BCUT2D eigenvalue weighted by Crippen LogP contribution is 2.53. The maximum atomic E-state index is 5.89. The monoisotopic (exact) mass is 802 g/mol. The van der Waals surface area contributed by atoms with Crippen molar-refractivity contribution in [3.63, 3.8) is 0 Å². The van der Waals surface area contributed by atoms with Crippen LogP contribution in [0.25, 0.3) is 121 Å². The molecule has 0 amide bonds. The second-order valence-corrected chi connectivity index (χ2v) is 17.7. The van der Waals surface area contributed by atoms with Gasteiger partial charge in [-0.2, -0.15) is 0 Å². The van der Waals surface area contributed by atoms with Crippen LogP contribution in [0.1, 0.15) is 25.0 Å². The molecule has 0 saturated heterocycles. The van der Waals surface area contributed by atoms with Crippen molar-refractivity contribution in [2.45, 2.75) is 19.3 Å². The molecule has 0 N–H and O–H groups in total. The van der Waals surface area contributed by atoms with Crippen molar-refractivity contribution >= 4 is 86.7 Å². The Labute approximate surface area is 362 Å². The van der Waals surface area contributed by atoms with Crippen molar-refractivity contribution in [3.05, 3.63) is 205 Å². The molecular weight excluding hydrogens is 765 g/mol. The van der Waals surface area contributed by atoms with Crippen molar-refractivity contribution in [1.82, 2.24) is 19.1 Å². The minimum atomic E-state index is -0.354. The summed E-state index contributed by atoms with van der Waals surface area (Å²) in [5.74, 6) is 0.666. The van der Waals surface area contributed by atoms with Gasteiger partial charge >= 0.3 is 0 Å². The number of aromatic nitrogens is 4. The van der Waals surface area contributed by atoms with E-state index in [-0.39, 0.29) is 5.41 Å². The first-order valence-corrected chi connectivity index (χ1v) is 21.8. The van der Waals surface area contributed by atoms with E-state index in [0.29, 0.717) is 5.95 Å². The highest BCUT2D eigenvalue weighted by Gasteiger charge is 2.41. The van der Waals surface area contributed by atoms with Crippen LogP contribution in [-0.2, 0) is 5.41 Å². The molecule has 13 aromatic rings. The van der Waals surface area contributed by atoms with Crippen molar-refractivity contribution in [2.24, 2.45) is 0 Å². The zero-order chi connectivity index (χ0) is 41.6. The summed E-state index contributed by atoms with van der Waals surface area (Å²) in [4.78, 5) is 11.6. The maximum absolute atomic E-state index is 5.89. The predicted molar refractivity (Wildman–Crippen MR) is 264 cm³/mol. The molecule has 0 aliphatic heterocycles. The van der Waals surface area contributed by atoms with Crippen LogP contribution in [-0.4, -0.2) is 19.1 Å². The molecule has 0 fully saturated rings. The van der Waals surface area contributed by atoms with Crippen molar-refractivity contribution in [2.75, 3.05) is 0 Å². The third kappa shape index (κ3) is 4.59. The highest BCUT2D eigenvalue weighted by atomic mass is 15.2. The largest absolute Gasteiger partial charge is 0.309 e. The Kier molecular flexibility index (Phi) is 6.87. The zero-order valence-corrected chi connectivity index (χ0v) is 34.8. The van der Waals surface area contributed by atoms with Crippen LogP contribution >= 0.6 is 0 Å². The van der Waals surface area contributed by atoms with E-state index < -0.39 is 0 Å². The van der Waals surface area contributed by atoms with Gasteiger partial charge in [0.05, 0.1) is 33.5 Å². The van der Waals surface area contributed by atoms with Gasteiger partial charge in [-0.25, -0.2) is 9.97 Å². The second kappa shape index (κ2) is 12.5. The zero-order valence-electron chi connectivity index (χ0n) is 34.8. The summed E-state index contributed by atoms with van der Waals surface area (Å²) in [5, 5.41) is 14.7. The molecule has 14 rings (SSSR count). The second-order valence-electron chi connectivity index (χ2n) is 17.7. The van der Waals surface area contributed by atoms with Crippen LogP contribution in [0.5, 0.6) is 0 Å². The van der Waals surface area contributed by atoms with E-state index >= 15 is 0 Å². The van der Waals surface area contributed by atoms with Crippen LogP contribution < -0.4 is 0 Å². The van der Waals surface area contributed by atoms with Crippen molar-refractivity contribution in [1.29, 1.82) is 0 Å². The number of rotatable bonds is 3. The first-order valence-electron chi connectivity index (χ1n) is 21.8. The Hall–Kier alpha value is -8.08. The van der Waals surface area contributed by atoms with Gasteiger partial charge in [0.15, 0.2) is 0 Å². The Morgan fingerprint density at radius 2 is 0.921 bits per heavy atom. The summed E-state index contributed by atoms with van der Waals surface area (Å²) >= 11 is 0. The van der Waals surface area contributed by atoms with Gasteiger partial charge in [-0.1, -0.05) is 166 Å². The number of nitrogens with zero attached hydrogens (tertiary/aromatic N) is 4. The maximum Gasteiger partial charge on any atom is 0.235 e. The molecular formula is C59H38N4. The van der Waals surface area contributed by atoms with Crippen molar-refractivity contribution < 1.29 is 0 Å². The molecule has 1 aliphatic carbocycles. The fraction of sp³-hybridized carbons (Fsp3) is 0.0508. The smallest absolute Gasteiger partial charge is 0.235 e. The standard InChI is InChI=1S/C59H38N4/c1-59(2)47-28-14-12-25-43(47)56-55(59)57(45-27-16-30-49-52(45)44-26-13-15-29-48(44)62(49)37-19-4-3-5-20-37)61-58(60-56)63-50-32-31-42-40-23-9-8-21-38(40)39-22-10-11-24-41(39)53(42)54(50)46-33-35-17-6-7-18-36(35)34-51(46)63/h3-34H,1-2H3. The lowest BCUT2D eigenvalue weighted by Crippen LogP contribution is -2.18. The fourth-order valence-corrected chi connectivity index (χ4v) is 11.4.